The average molecular weight is 435 g/mol. The van der Waals surface area contributed by atoms with Gasteiger partial charge in [-0.05, 0) is 47.6 Å². The topological polar surface area (TPSA) is 26.4 Å². The van der Waals surface area contributed by atoms with E-state index >= 15 is 0 Å². The predicted octanol–water partition coefficient (Wildman–Crippen LogP) is 6.41. The first-order valence-corrected chi connectivity index (χ1v) is 10.7. The van der Waals surface area contributed by atoms with Gasteiger partial charge in [0.25, 0.3) is 5.56 Å². The van der Waals surface area contributed by atoms with Gasteiger partial charge in [-0.15, -0.1) is 11.3 Å². The lowest BCUT2D eigenvalue weighted by molar-refractivity contribution is 0.781. The van der Waals surface area contributed by atoms with Gasteiger partial charge in [-0.1, -0.05) is 66.2 Å². The fraction of sp³-hybridized carbons (Fsp3) is 0.0435. The van der Waals surface area contributed by atoms with Crippen molar-refractivity contribution in [2.24, 2.45) is 0 Å². The minimum atomic E-state index is -0.0273. The van der Waals surface area contributed by atoms with Gasteiger partial charge in [-0.3, -0.25) is 13.8 Å². The lowest BCUT2D eigenvalue weighted by atomic mass is 10.1. The van der Waals surface area contributed by atoms with Crippen molar-refractivity contribution < 1.29 is 0 Å². The summed E-state index contributed by atoms with van der Waals surface area (Å²) in [6.07, 6.45) is 0. The fourth-order valence-corrected chi connectivity index (χ4v) is 5.26. The first kappa shape index (κ1) is 18.3. The van der Waals surface area contributed by atoms with Crippen molar-refractivity contribution in [2.45, 2.75) is 6.54 Å². The molecule has 0 N–H and O–H groups in total. The SMILES string of the molecule is O=c1c2ccccc2n2c(=S)sc(-c3cccc(Cl)c3)c2n1Cc1ccccc1. The molecule has 0 fully saturated rings. The Bertz CT molecular complexity index is 1480. The van der Waals surface area contributed by atoms with Crippen molar-refractivity contribution in [1.82, 2.24) is 8.97 Å². The van der Waals surface area contributed by atoms with E-state index in [0.29, 0.717) is 20.9 Å². The maximum absolute atomic E-state index is 13.5. The Kier molecular flexibility index (Phi) is 4.59. The van der Waals surface area contributed by atoms with E-state index < -0.39 is 0 Å². The zero-order chi connectivity index (χ0) is 20.0. The second kappa shape index (κ2) is 7.26. The number of thiazole rings is 1. The zero-order valence-corrected chi connectivity index (χ0v) is 17.6. The number of hydrogen-bond donors (Lipinski definition) is 0. The molecule has 0 bridgehead atoms. The second-order valence-corrected chi connectivity index (χ2v) is 8.84. The van der Waals surface area contributed by atoms with E-state index in [2.05, 4.69) is 0 Å². The first-order valence-electron chi connectivity index (χ1n) is 9.10. The molecule has 0 spiro atoms. The Hall–Kier alpha value is -2.73. The molecule has 29 heavy (non-hydrogen) atoms. The van der Waals surface area contributed by atoms with Crippen LogP contribution < -0.4 is 5.56 Å². The Morgan fingerprint density at radius 3 is 2.48 bits per heavy atom. The molecule has 6 heteroatoms. The number of nitrogens with zero attached hydrogens (tertiary/aromatic N) is 2. The van der Waals surface area contributed by atoms with Crippen molar-refractivity contribution in [3.8, 4) is 10.4 Å². The van der Waals surface area contributed by atoms with E-state index in [9.17, 15) is 4.79 Å². The monoisotopic (exact) mass is 434 g/mol. The molecule has 0 aliphatic carbocycles. The Morgan fingerprint density at radius 1 is 0.931 bits per heavy atom. The Morgan fingerprint density at radius 2 is 1.69 bits per heavy atom. The van der Waals surface area contributed by atoms with Crippen LogP contribution in [0, 0.1) is 3.95 Å². The summed E-state index contributed by atoms with van der Waals surface area (Å²) in [6, 6.07) is 25.3. The smallest absolute Gasteiger partial charge is 0.261 e. The largest absolute Gasteiger partial charge is 0.288 e. The minimum Gasteiger partial charge on any atom is -0.288 e. The van der Waals surface area contributed by atoms with E-state index in [1.165, 1.54) is 11.3 Å². The third-order valence-electron chi connectivity index (χ3n) is 4.93. The molecule has 5 aromatic rings. The summed E-state index contributed by atoms with van der Waals surface area (Å²) in [5.41, 5.74) is 3.61. The number of fused-ring (bicyclic) bond motifs is 3. The highest BCUT2D eigenvalue weighted by Crippen LogP contribution is 2.34. The number of aromatic nitrogens is 2. The molecular formula is C23H15ClN2OS2. The van der Waals surface area contributed by atoms with E-state index in [1.54, 1.807) is 0 Å². The van der Waals surface area contributed by atoms with Crippen LogP contribution in [0.3, 0.4) is 0 Å². The van der Waals surface area contributed by atoms with Crippen LogP contribution in [0.1, 0.15) is 5.56 Å². The number of hydrogen-bond acceptors (Lipinski definition) is 3. The van der Waals surface area contributed by atoms with Crippen LogP contribution in [0.2, 0.25) is 5.02 Å². The molecule has 0 unspecified atom stereocenters. The molecular weight excluding hydrogens is 420 g/mol. The number of halogens is 1. The standard InChI is InChI=1S/C23H15ClN2OS2/c24-17-10-6-9-16(13-17)20-21-25(14-15-7-2-1-3-8-15)22(27)18-11-4-5-12-19(18)26(21)23(28)29-20/h1-13H,14H2. The van der Waals surface area contributed by atoms with E-state index in [-0.39, 0.29) is 5.56 Å². The molecule has 0 aliphatic rings. The van der Waals surface area contributed by atoms with Gasteiger partial charge in [0, 0.05) is 5.02 Å². The molecule has 0 amide bonds. The maximum Gasteiger partial charge on any atom is 0.261 e. The van der Waals surface area contributed by atoms with Crippen LogP contribution in [0.5, 0.6) is 0 Å². The van der Waals surface area contributed by atoms with Crippen LogP contribution in [0.25, 0.3) is 27.0 Å². The van der Waals surface area contributed by atoms with Crippen LogP contribution in [0.4, 0.5) is 0 Å². The van der Waals surface area contributed by atoms with Crippen molar-refractivity contribution in [2.75, 3.05) is 0 Å². The van der Waals surface area contributed by atoms with Crippen molar-refractivity contribution in [1.29, 1.82) is 0 Å². The van der Waals surface area contributed by atoms with Gasteiger partial charge in [-0.25, -0.2) is 0 Å². The molecule has 2 heterocycles. The molecule has 0 aliphatic heterocycles. The molecule has 3 aromatic carbocycles. The zero-order valence-electron chi connectivity index (χ0n) is 15.2. The number of benzene rings is 3. The van der Waals surface area contributed by atoms with Gasteiger partial charge in [0.2, 0.25) is 0 Å². The van der Waals surface area contributed by atoms with Gasteiger partial charge >= 0.3 is 0 Å². The van der Waals surface area contributed by atoms with Crippen LogP contribution >= 0.6 is 35.2 Å². The average Bonchev–Trinajstić information content (AvgIpc) is 3.09. The predicted molar refractivity (Wildman–Crippen MR) is 124 cm³/mol. The van der Waals surface area contributed by atoms with Crippen molar-refractivity contribution >= 4 is 51.7 Å². The summed E-state index contributed by atoms with van der Waals surface area (Å²) >= 11 is 13.5. The molecule has 5 rings (SSSR count). The summed E-state index contributed by atoms with van der Waals surface area (Å²) in [7, 11) is 0. The summed E-state index contributed by atoms with van der Waals surface area (Å²) in [6.45, 7) is 0.465. The van der Waals surface area contributed by atoms with Crippen LogP contribution in [-0.4, -0.2) is 8.97 Å². The lowest BCUT2D eigenvalue weighted by Gasteiger charge is -2.13. The highest BCUT2D eigenvalue weighted by molar-refractivity contribution is 7.73. The molecule has 142 valence electrons. The lowest BCUT2D eigenvalue weighted by Crippen LogP contribution is -2.23. The van der Waals surface area contributed by atoms with Gasteiger partial charge in [0.15, 0.2) is 3.95 Å². The van der Waals surface area contributed by atoms with Gasteiger partial charge in [-0.2, -0.15) is 0 Å². The quantitative estimate of drug-likeness (QED) is 0.306. The summed E-state index contributed by atoms with van der Waals surface area (Å²) < 4.78 is 4.53. The minimum absolute atomic E-state index is 0.0273. The van der Waals surface area contributed by atoms with Crippen molar-refractivity contribution in [3.63, 3.8) is 0 Å². The molecule has 0 atom stereocenters. The highest BCUT2D eigenvalue weighted by atomic mass is 35.5. The van der Waals surface area contributed by atoms with Gasteiger partial charge < -0.3 is 0 Å². The highest BCUT2D eigenvalue weighted by Gasteiger charge is 2.18. The number of rotatable bonds is 3. The number of para-hydroxylation sites is 1. The van der Waals surface area contributed by atoms with E-state index in [0.717, 1.165) is 27.2 Å². The third-order valence-corrected chi connectivity index (χ3v) is 6.58. The summed E-state index contributed by atoms with van der Waals surface area (Å²) in [5, 5.41) is 1.31. The molecule has 0 saturated heterocycles. The molecule has 0 radical (unpaired) electrons. The summed E-state index contributed by atoms with van der Waals surface area (Å²) in [5.74, 6) is 0. The second-order valence-electron chi connectivity index (χ2n) is 6.76. The van der Waals surface area contributed by atoms with Gasteiger partial charge in [0.1, 0.15) is 5.65 Å². The first-order chi connectivity index (χ1) is 14.1. The Balaban J connectivity index is 1.93. The normalized spacial score (nSPS) is 11.3. The molecule has 3 nitrogen and oxygen atoms in total. The third kappa shape index (κ3) is 3.12. The maximum atomic E-state index is 13.5. The Labute approximate surface area is 181 Å². The van der Waals surface area contributed by atoms with E-state index in [4.69, 9.17) is 23.8 Å². The van der Waals surface area contributed by atoms with Crippen LogP contribution in [-0.2, 0) is 6.54 Å². The fourth-order valence-electron chi connectivity index (χ4n) is 3.64. The van der Waals surface area contributed by atoms with Gasteiger partial charge in [0.05, 0.1) is 22.3 Å². The summed E-state index contributed by atoms with van der Waals surface area (Å²) in [4.78, 5) is 14.4. The molecule has 2 aromatic heterocycles. The van der Waals surface area contributed by atoms with E-state index in [1.807, 2.05) is 87.8 Å². The van der Waals surface area contributed by atoms with Crippen molar-refractivity contribution in [3.05, 3.63) is 104 Å². The van der Waals surface area contributed by atoms with Crippen LogP contribution in [0.15, 0.2) is 83.7 Å². The molecule has 0 saturated carbocycles.